The molecule has 2 aromatic rings. The lowest BCUT2D eigenvalue weighted by Crippen LogP contribution is -2.58. The molecule has 1 heterocycles. The van der Waals surface area contributed by atoms with Gasteiger partial charge in [-0.2, -0.15) is 0 Å². The summed E-state index contributed by atoms with van der Waals surface area (Å²) in [7, 11) is 0. The molecule has 4 atom stereocenters. The number of nitrogens with two attached hydrogens (primary N) is 3. The molecule has 0 aliphatic heterocycles. The SMILES string of the molecule is NCCCCC(N)C(=O)NC(CCC(N)=O)C(=O)NC(Cc1c[nH]c2ccccc12)C(=O)NC(CO)C(=O)O. The molecule has 1 aromatic heterocycles. The number of carbonyl (C=O) groups excluding carboxylic acids is 4. The fraction of sp³-hybridized carbons (Fsp3) is 0.480. The number of primary amides is 1. The van der Waals surface area contributed by atoms with Crippen LogP contribution in [0, 0.1) is 0 Å². The number of rotatable bonds is 17. The zero-order chi connectivity index (χ0) is 28.9. The van der Waals surface area contributed by atoms with Gasteiger partial charge in [0.2, 0.25) is 23.6 Å². The zero-order valence-corrected chi connectivity index (χ0v) is 21.5. The molecule has 1 aromatic carbocycles. The molecule has 0 saturated carbocycles. The van der Waals surface area contributed by atoms with Crippen LogP contribution in [-0.4, -0.2) is 82.1 Å². The number of aromatic nitrogens is 1. The van der Waals surface area contributed by atoms with Crippen LogP contribution in [0.4, 0.5) is 0 Å². The Balaban J connectivity index is 2.27. The van der Waals surface area contributed by atoms with Crippen molar-refractivity contribution in [3.8, 4) is 0 Å². The van der Waals surface area contributed by atoms with Gasteiger partial charge in [-0.05, 0) is 37.4 Å². The molecule has 4 unspecified atom stereocenters. The summed E-state index contributed by atoms with van der Waals surface area (Å²) in [6, 6.07) is 2.18. The summed E-state index contributed by atoms with van der Waals surface area (Å²) in [5.41, 5.74) is 18.1. The van der Waals surface area contributed by atoms with E-state index in [9.17, 15) is 34.2 Å². The summed E-state index contributed by atoms with van der Waals surface area (Å²) in [5, 5.41) is 26.6. The highest BCUT2D eigenvalue weighted by Gasteiger charge is 2.31. The second-order valence-corrected chi connectivity index (χ2v) is 9.16. The monoisotopic (exact) mass is 547 g/mol. The highest BCUT2D eigenvalue weighted by Crippen LogP contribution is 2.19. The third-order valence-corrected chi connectivity index (χ3v) is 6.15. The van der Waals surface area contributed by atoms with Crippen LogP contribution >= 0.6 is 0 Å². The lowest BCUT2D eigenvalue weighted by molar-refractivity contribution is -0.143. The van der Waals surface area contributed by atoms with Crippen LogP contribution in [0.3, 0.4) is 0 Å². The molecule has 12 N–H and O–H groups in total. The fourth-order valence-electron chi connectivity index (χ4n) is 3.93. The molecule has 0 bridgehead atoms. The number of hydrogen-bond acceptors (Lipinski definition) is 8. The second kappa shape index (κ2) is 15.4. The maximum atomic E-state index is 13.3. The molecule has 39 heavy (non-hydrogen) atoms. The van der Waals surface area contributed by atoms with Crippen LogP contribution in [0.5, 0.6) is 0 Å². The van der Waals surface area contributed by atoms with Gasteiger partial charge in [-0.25, -0.2) is 4.79 Å². The number of aromatic amines is 1. The number of benzene rings is 1. The lowest BCUT2D eigenvalue weighted by atomic mass is 10.0. The average Bonchev–Trinajstić information content (AvgIpc) is 3.31. The molecule has 2 rings (SSSR count). The average molecular weight is 548 g/mol. The largest absolute Gasteiger partial charge is 0.480 e. The van der Waals surface area contributed by atoms with E-state index in [4.69, 9.17) is 17.2 Å². The molecule has 0 aliphatic rings. The smallest absolute Gasteiger partial charge is 0.328 e. The van der Waals surface area contributed by atoms with Crippen molar-refractivity contribution in [2.45, 2.75) is 62.7 Å². The first-order valence-electron chi connectivity index (χ1n) is 12.6. The minimum absolute atomic E-state index is 0.0472. The molecule has 14 heteroatoms. The van der Waals surface area contributed by atoms with Gasteiger partial charge in [0.05, 0.1) is 12.6 Å². The molecule has 214 valence electrons. The Morgan fingerprint density at radius 3 is 2.18 bits per heavy atom. The predicted octanol–water partition coefficient (Wildman–Crippen LogP) is -2.04. The van der Waals surface area contributed by atoms with E-state index in [1.807, 2.05) is 18.2 Å². The van der Waals surface area contributed by atoms with Crippen molar-refractivity contribution in [1.82, 2.24) is 20.9 Å². The second-order valence-electron chi connectivity index (χ2n) is 9.16. The zero-order valence-electron chi connectivity index (χ0n) is 21.5. The van der Waals surface area contributed by atoms with Crippen molar-refractivity contribution in [1.29, 1.82) is 0 Å². The standard InChI is InChI=1S/C25H37N7O7/c26-10-4-3-6-16(27)22(35)30-18(8-9-21(28)34)23(36)31-19(24(37)32-20(13-33)25(38)39)11-14-12-29-17-7-2-1-5-15(14)17/h1-2,5,7,12,16,18-20,29,33H,3-4,6,8-11,13,26-27H2,(H2,28,34)(H,30,35)(H,31,36)(H,32,37)(H,38,39). The van der Waals surface area contributed by atoms with Crippen LogP contribution in [0.2, 0.25) is 0 Å². The molecule has 0 radical (unpaired) electrons. The predicted molar refractivity (Wildman–Crippen MR) is 142 cm³/mol. The Labute approximate surface area is 225 Å². The normalized spacial score (nSPS) is 14.1. The number of carboxylic acids is 1. The summed E-state index contributed by atoms with van der Waals surface area (Å²) < 4.78 is 0. The number of carboxylic acid groups (broad SMARTS) is 1. The van der Waals surface area contributed by atoms with Crippen LogP contribution in [-0.2, 0) is 30.4 Å². The van der Waals surface area contributed by atoms with Crippen molar-refractivity contribution in [2.75, 3.05) is 13.2 Å². The van der Waals surface area contributed by atoms with Gasteiger partial charge in [-0.15, -0.1) is 0 Å². The van der Waals surface area contributed by atoms with Crippen molar-refractivity contribution in [2.24, 2.45) is 17.2 Å². The summed E-state index contributed by atoms with van der Waals surface area (Å²) in [5.74, 6) is -4.45. The van der Waals surface area contributed by atoms with E-state index in [0.717, 1.165) is 10.9 Å². The minimum Gasteiger partial charge on any atom is -0.480 e. The summed E-state index contributed by atoms with van der Waals surface area (Å²) in [6.45, 7) is -0.426. The van der Waals surface area contributed by atoms with Crippen LogP contribution in [0.15, 0.2) is 30.5 Å². The van der Waals surface area contributed by atoms with Gasteiger partial charge in [-0.3, -0.25) is 19.2 Å². The maximum Gasteiger partial charge on any atom is 0.328 e. The molecule has 4 amide bonds. The van der Waals surface area contributed by atoms with Gasteiger partial charge in [0.15, 0.2) is 0 Å². The van der Waals surface area contributed by atoms with Crippen LogP contribution in [0.1, 0.15) is 37.7 Å². The third kappa shape index (κ3) is 9.67. The number of H-pyrrole nitrogens is 1. The van der Waals surface area contributed by atoms with Gasteiger partial charge in [0, 0.05) is 29.9 Å². The number of fused-ring (bicyclic) bond motifs is 1. The number of amides is 4. The first-order chi connectivity index (χ1) is 18.6. The number of aliphatic hydroxyl groups is 1. The van der Waals surface area contributed by atoms with Gasteiger partial charge >= 0.3 is 5.97 Å². The van der Waals surface area contributed by atoms with E-state index in [0.29, 0.717) is 31.4 Å². The van der Waals surface area contributed by atoms with Crippen molar-refractivity contribution >= 4 is 40.5 Å². The van der Waals surface area contributed by atoms with Crippen molar-refractivity contribution in [3.05, 3.63) is 36.0 Å². The quantitative estimate of drug-likeness (QED) is 0.0987. The molecule has 0 saturated heterocycles. The fourth-order valence-corrected chi connectivity index (χ4v) is 3.93. The number of nitrogens with one attached hydrogen (secondary N) is 4. The summed E-state index contributed by atoms with van der Waals surface area (Å²) >= 11 is 0. The number of hydrogen-bond donors (Lipinski definition) is 9. The molecule has 0 aliphatic carbocycles. The highest BCUT2D eigenvalue weighted by atomic mass is 16.4. The summed E-state index contributed by atoms with van der Waals surface area (Å²) in [4.78, 5) is 64.8. The van der Waals surface area contributed by atoms with Crippen LogP contribution < -0.4 is 33.2 Å². The van der Waals surface area contributed by atoms with E-state index in [-0.39, 0.29) is 19.3 Å². The van der Waals surface area contributed by atoms with Gasteiger partial charge < -0.3 is 48.3 Å². The maximum absolute atomic E-state index is 13.3. The minimum atomic E-state index is -1.60. The number of carbonyl (C=O) groups is 5. The Morgan fingerprint density at radius 2 is 1.54 bits per heavy atom. The van der Waals surface area contributed by atoms with Gasteiger partial charge in [0.25, 0.3) is 0 Å². The Hall–Kier alpha value is -4.01. The molecular formula is C25H37N7O7. The van der Waals surface area contributed by atoms with E-state index < -0.39 is 60.4 Å². The Morgan fingerprint density at radius 1 is 0.897 bits per heavy atom. The van der Waals surface area contributed by atoms with E-state index in [1.165, 1.54) is 0 Å². The number of aliphatic hydroxyl groups excluding tert-OH is 1. The molecule has 0 fully saturated rings. The number of para-hydroxylation sites is 1. The third-order valence-electron chi connectivity index (χ3n) is 6.15. The summed E-state index contributed by atoms with van der Waals surface area (Å²) in [6.07, 6.45) is 2.83. The van der Waals surface area contributed by atoms with E-state index in [1.54, 1.807) is 12.3 Å². The van der Waals surface area contributed by atoms with Crippen LogP contribution in [0.25, 0.3) is 10.9 Å². The first kappa shape index (κ1) is 31.2. The van der Waals surface area contributed by atoms with Gasteiger partial charge in [0.1, 0.15) is 18.1 Å². The number of unbranched alkanes of at least 4 members (excludes halogenated alkanes) is 1. The molecule has 0 spiro atoms. The molecule has 14 nitrogen and oxygen atoms in total. The topological polar surface area (TPSA) is 256 Å². The van der Waals surface area contributed by atoms with E-state index >= 15 is 0 Å². The van der Waals surface area contributed by atoms with E-state index in [2.05, 4.69) is 20.9 Å². The highest BCUT2D eigenvalue weighted by molar-refractivity contribution is 5.95. The Bertz CT molecular complexity index is 1150. The lowest BCUT2D eigenvalue weighted by Gasteiger charge is -2.25. The first-order valence-corrected chi connectivity index (χ1v) is 12.6. The van der Waals surface area contributed by atoms with Gasteiger partial charge in [-0.1, -0.05) is 24.6 Å². The van der Waals surface area contributed by atoms with Crippen molar-refractivity contribution < 1.29 is 34.2 Å². The Kier molecular flexibility index (Phi) is 12.3. The van der Waals surface area contributed by atoms with Crippen molar-refractivity contribution in [3.63, 3.8) is 0 Å². The molecular weight excluding hydrogens is 510 g/mol. The number of aliphatic carboxylic acids is 1.